The van der Waals surface area contributed by atoms with Gasteiger partial charge in [-0.3, -0.25) is 0 Å². The molecular weight excluding hydrogens is 314 g/mol. The van der Waals surface area contributed by atoms with E-state index >= 15 is 0 Å². The molecule has 0 amide bonds. The molecule has 1 aromatic rings. The summed E-state index contributed by atoms with van der Waals surface area (Å²) in [5, 5.41) is 10.1. The highest BCUT2D eigenvalue weighted by Crippen LogP contribution is 2.41. The van der Waals surface area contributed by atoms with Gasteiger partial charge in [0.25, 0.3) is 0 Å². The van der Waals surface area contributed by atoms with Crippen LogP contribution in [-0.4, -0.2) is 5.11 Å². The molecule has 0 saturated heterocycles. The average Bonchev–Trinajstić information content (AvgIpc) is 2.79. The lowest BCUT2D eigenvalue weighted by atomic mass is 9.88. The number of aryl methyl sites for hydroxylation is 1. The van der Waals surface area contributed by atoms with Crippen LogP contribution in [0.3, 0.4) is 0 Å². The molecule has 2 rings (SSSR count). The summed E-state index contributed by atoms with van der Waals surface area (Å²) in [6.07, 6.45) is 4.91. The predicted octanol–water partition coefficient (Wildman–Crippen LogP) is 4.38. The summed E-state index contributed by atoms with van der Waals surface area (Å²) < 4.78 is 1.07. The summed E-state index contributed by atoms with van der Waals surface area (Å²) in [6.45, 7) is 4.02. The quantitative estimate of drug-likeness (QED) is 0.843. The summed E-state index contributed by atoms with van der Waals surface area (Å²) in [7, 11) is 0. The van der Waals surface area contributed by atoms with Crippen molar-refractivity contribution >= 4 is 28.3 Å². The van der Waals surface area contributed by atoms with Gasteiger partial charge in [-0.2, -0.15) is 0 Å². The Morgan fingerprint density at radius 1 is 1.33 bits per heavy atom. The molecule has 1 aromatic carbocycles. The first kappa shape index (κ1) is 15.8. The zero-order valence-electron chi connectivity index (χ0n) is 10.9. The van der Waals surface area contributed by atoms with E-state index in [1.165, 1.54) is 25.7 Å². The molecule has 0 spiro atoms. The number of phenolic OH excluding ortho intramolecular Hbond substituents is 1. The third-order valence-electron chi connectivity index (χ3n) is 3.95. The van der Waals surface area contributed by atoms with E-state index in [1.54, 1.807) is 6.07 Å². The highest BCUT2D eigenvalue weighted by molar-refractivity contribution is 9.10. The minimum atomic E-state index is -0.0330. The lowest BCUT2D eigenvalue weighted by Gasteiger charge is -2.23. The second-order valence-corrected chi connectivity index (χ2v) is 5.93. The highest BCUT2D eigenvalue weighted by Gasteiger charge is 2.27. The second kappa shape index (κ2) is 6.27. The molecule has 1 fully saturated rings. The van der Waals surface area contributed by atoms with Crippen molar-refractivity contribution in [3.8, 4) is 5.75 Å². The summed E-state index contributed by atoms with van der Waals surface area (Å²) in [4.78, 5) is 0. The Kier molecular flexibility index (Phi) is 5.50. The number of nitrogens with two attached hydrogens (primary N) is 1. The first-order valence-electron chi connectivity index (χ1n) is 6.26. The lowest BCUT2D eigenvalue weighted by molar-refractivity contribution is 0.410. The van der Waals surface area contributed by atoms with Gasteiger partial charge >= 0.3 is 0 Å². The summed E-state index contributed by atoms with van der Waals surface area (Å²) >= 11 is 3.57. The summed E-state index contributed by atoms with van der Waals surface area (Å²) in [5.74, 6) is 0.872. The van der Waals surface area contributed by atoms with Crippen molar-refractivity contribution in [2.45, 2.75) is 45.6 Å². The number of aromatic hydroxyl groups is 1. The number of benzene rings is 1. The van der Waals surface area contributed by atoms with E-state index in [4.69, 9.17) is 5.73 Å². The van der Waals surface area contributed by atoms with Crippen LogP contribution in [0.2, 0.25) is 0 Å². The van der Waals surface area contributed by atoms with Crippen molar-refractivity contribution in [2.75, 3.05) is 0 Å². The number of hydrogen-bond donors (Lipinski definition) is 2. The number of hydrogen-bond acceptors (Lipinski definition) is 2. The fourth-order valence-corrected chi connectivity index (χ4v) is 3.25. The Hall–Kier alpha value is -0.250. The van der Waals surface area contributed by atoms with Crippen LogP contribution in [0.25, 0.3) is 0 Å². The van der Waals surface area contributed by atoms with Gasteiger partial charge in [0.05, 0.1) is 0 Å². The minimum Gasteiger partial charge on any atom is -0.508 e. The smallest absolute Gasteiger partial charge is 0.120 e. The van der Waals surface area contributed by atoms with Gasteiger partial charge < -0.3 is 10.8 Å². The van der Waals surface area contributed by atoms with Gasteiger partial charge in [0.1, 0.15) is 5.75 Å². The molecule has 0 heterocycles. The maximum atomic E-state index is 10.1. The van der Waals surface area contributed by atoms with E-state index < -0.39 is 0 Å². The second-order valence-electron chi connectivity index (χ2n) is 5.14. The molecule has 1 saturated carbocycles. The number of rotatable bonds is 2. The Labute approximate surface area is 123 Å². The van der Waals surface area contributed by atoms with Crippen LogP contribution < -0.4 is 5.73 Å². The van der Waals surface area contributed by atoms with Crippen LogP contribution in [0.5, 0.6) is 5.75 Å². The molecule has 0 aliphatic heterocycles. The van der Waals surface area contributed by atoms with Crippen molar-refractivity contribution in [3.63, 3.8) is 0 Å². The third kappa shape index (κ3) is 2.84. The first-order valence-corrected chi connectivity index (χ1v) is 7.05. The SMILES string of the molecule is Cc1cc(O)c([C@H](N)C2CCCC2)c(C)c1Br.Cl. The maximum Gasteiger partial charge on any atom is 0.120 e. The van der Waals surface area contributed by atoms with E-state index in [2.05, 4.69) is 15.9 Å². The fraction of sp³-hybridized carbons (Fsp3) is 0.571. The normalized spacial score (nSPS) is 17.6. The monoisotopic (exact) mass is 333 g/mol. The lowest BCUT2D eigenvalue weighted by Crippen LogP contribution is -2.20. The number of halogens is 2. The zero-order valence-corrected chi connectivity index (χ0v) is 13.3. The van der Waals surface area contributed by atoms with Gasteiger partial charge in [0.15, 0.2) is 0 Å². The van der Waals surface area contributed by atoms with Crippen molar-refractivity contribution < 1.29 is 5.11 Å². The van der Waals surface area contributed by atoms with Crippen LogP contribution in [0.1, 0.15) is 48.4 Å². The Bertz CT molecular complexity index is 430. The average molecular weight is 335 g/mol. The predicted molar refractivity (Wildman–Crippen MR) is 81.4 cm³/mol. The highest BCUT2D eigenvalue weighted by atomic mass is 79.9. The van der Waals surface area contributed by atoms with Crippen molar-refractivity contribution in [1.82, 2.24) is 0 Å². The molecule has 1 aliphatic rings. The van der Waals surface area contributed by atoms with Crippen molar-refractivity contribution in [2.24, 2.45) is 11.7 Å². The van der Waals surface area contributed by atoms with Crippen LogP contribution in [0.15, 0.2) is 10.5 Å². The third-order valence-corrected chi connectivity index (χ3v) is 5.17. The van der Waals surface area contributed by atoms with E-state index in [1.807, 2.05) is 13.8 Å². The van der Waals surface area contributed by atoms with E-state index in [9.17, 15) is 5.11 Å². The molecule has 4 heteroatoms. The van der Waals surface area contributed by atoms with Crippen LogP contribution in [-0.2, 0) is 0 Å². The fourth-order valence-electron chi connectivity index (χ4n) is 2.93. The zero-order chi connectivity index (χ0) is 12.6. The Morgan fingerprint density at radius 2 is 1.89 bits per heavy atom. The topological polar surface area (TPSA) is 46.2 Å². The van der Waals surface area contributed by atoms with Crippen molar-refractivity contribution in [1.29, 1.82) is 0 Å². The molecule has 2 nitrogen and oxygen atoms in total. The Balaban J connectivity index is 0.00000162. The van der Waals surface area contributed by atoms with Gasteiger partial charge in [0, 0.05) is 16.1 Å². The molecular formula is C14H21BrClNO. The van der Waals surface area contributed by atoms with E-state index in [-0.39, 0.29) is 18.4 Å². The van der Waals surface area contributed by atoms with Gasteiger partial charge in [0.2, 0.25) is 0 Å². The molecule has 0 bridgehead atoms. The molecule has 18 heavy (non-hydrogen) atoms. The van der Waals surface area contributed by atoms with Gasteiger partial charge in [-0.25, -0.2) is 0 Å². The molecule has 0 aromatic heterocycles. The standard InChI is InChI=1S/C14H20BrNO.ClH/c1-8-7-11(17)12(9(2)13(8)15)14(16)10-5-3-4-6-10;/h7,10,14,17H,3-6,16H2,1-2H3;1H/t14-;/m1./s1. The van der Waals surface area contributed by atoms with Crippen molar-refractivity contribution in [3.05, 3.63) is 27.2 Å². The molecule has 102 valence electrons. The van der Waals surface area contributed by atoms with Crippen LogP contribution in [0.4, 0.5) is 0 Å². The molecule has 1 atom stereocenters. The van der Waals surface area contributed by atoms with E-state index in [0.29, 0.717) is 11.7 Å². The minimum absolute atomic E-state index is 0. The van der Waals surface area contributed by atoms with E-state index in [0.717, 1.165) is 21.2 Å². The molecule has 3 N–H and O–H groups in total. The largest absolute Gasteiger partial charge is 0.508 e. The maximum absolute atomic E-state index is 10.1. The van der Waals surface area contributed by atoms with Crippen LogP contribution in [0, 0.1) is 19.8 Å². The molecule has 0 radical (unpaired) electrons. The molecule has 0 unspecified atom stereocenters. The number of phenols is 1. The van der Waals surface area contributed by atoms with Gasteiger partial charge in [-0.05, 0) is 49.8 Å². The van der Waals surface area contributed by atoms with Crippen LogP contribution >= 0.6 is 28.3 Å². The summed E-state index contributed by atoms with van der Waals surface area (Å²) in [5.41, 5.74) is 9.41. The Morgan fingerprint density at radius 3 is 2.44 bits per heavy atom. The van der Waals surface area contributed by atoms with Gasteiger partial charge in [-0.1, -0.05) is 28.8 Å². The molecule has 1 aliphatic carbocycles. The first-order chi connectivity index (χ1) is 8.02. The van der Waals surface area contributed by atoms with Gasteiger partial charge in [-0.15, -0.1) is 12.4 Å². The summed E-state index contributed by atoms with van der Waals surface area (Å²) in [6, 6.07) is 1.77.